The minimum absolute atomic E-state index is 0.144. The van der Waals surface area contributed by atoms with Gasteiger partial charge in [-0.2, -0.15) is 0 Å². The van der Waals surface area contributed by atoms with Gasteiger partial charge in [0.1, 0.15) is 5.92 Å². The summed E-state index contributed by atoms with van der Waals surface area (Å²) in [5, 5.41) is 11.4. The number of carboxylic acids is 1. The van der Waals surface area contributed by atoms with E-state index in [1.807, 2.05) is 0 Å². The molecular weight excluding hydrogens is 224 g/mol. The number of carboxylic acid groups (broad SMARTS) is 1. The Morgan fingerprint density at radius 1 is 1.29 bits per heavy atom. The molecule has 0 aliphatic rings. The maximum atomic E-state index is 11.9. The van der Waals surface area contributed by atoms with Gasteiger partial charge >= 0.3 is 5.97 Å². The first-order valence-corrected chi connectivity index (χ1v) is 5.29. The fourth-order valence-electron chi connectivity index (χ4n) is 1.44. The van der Waals surface area contributed by atoms with Gasteiger partial charge in [0.05, 0.1) is 6.54 Å². The highest BCUT2D eigenvalue weighted by Crippen LogP contribution is 2.27. The average molecular weight is 244 g/mol. The minimum Gasteiger partial charge on any atom is -0.481 e. The van der Waals surface area contributed by atoms with Crippen molar-refractivity contribution in [1.82, 2.24) is 10.2 Å². The minimum atomic E-state index is -1.17. The summed E-state index contributed by atoms with van der Waals surface area (Å²) in [4.78, 5) is 35.3. The third-order valence-corrected chi connectivity index (χ3v) is 2.40. The highest BCUT2D eigenvalue weighted by molar-refractivity contribution is 5.98. The Balaban J connectivity index is 4.86. The second-order valence-corrected chi connectivity index (χ2v) is 5.00. The standard InChI is InChI=1S/C11H20N2O4/c1-11(2,3)8(10(16)17)9(15)13(5)6-7(14)12-4/h8H,6H2,1-5H3,(H,12,14)(H,16,17). The molecule has 0 fully saturated rings. The van der Waals surface area contributed by atoms with Crippen LogP contribution in [0.15, 0.2) is 0 Å². The summed E-state index contributed by atoms with van der Waals surface area (Å²) >= 11 is 0. The van der Waals surface area contributed by atoms with E-state index in [0.29, 0.717) is 0 Å². The molecule has 1 unspecified atom stereocenters. The van der Waals surface area contributed by atoms with Gasteiger partial charge < -0.3 is 15.3 Å². The molecule has 98 valence electrons. The van der Waals surface area contributed by atoms with Gasteiger partial charge in [-0.25, -0.2) is 0 Å². The van der Waals surface area contributed by atoms with Gasteiger partial charge in [-0.1, -0.05) is 20.8 Å². The van der Waals surface area contributed by atoms with Gasteiger partial charge in [0.2, 0.25) is 11.8 Å². The molecule has 0 aromatic heterocycles. The molecule has 0 rings (SSSR count). The molecule has 0 bridgehead atoms. The van der Waals surface area contributed by atoms with Crippen molar-refractivity contribution in [3.8, 4) is 0 Å². The highest BCUT2D eigenvalue weighted by atomic mass is 16.4. The van der Waals surface area contributed by atoms with Crippen molar-refractivity contribution in [3.05, 3.63) is 0 Å². The number of hydrogen-bond acceptors (Lipinski definition) is 3. The molecule has 2 amide bonds. The first-order chi connectivity index (χ1) is 7.61. The molecule has 1 atom stereocenters. The van der Waals surface area contributed by atoms with E-state index >= 15 is 0 Å². The van der Waals surface area contributed by atoms with E-state index in [4.69, 9.17) is 5.11 Å². The van der Waals surface area contributed by atoms with Crippen LogP contribution in [-0.4, -0.2) is 48.4 Å². The van der Waals surface area contributed by atoms with Crippen molar-refractivity contribution in [1.29, 1.82) is 0 Å². The van der Waals surface area contributed by atoms with Gasteiger partial charge in [-0.3, -0.25) is 14.4 Å². The molecule has 0 aliphatic carbocycles. The number of aliphatic carboxylic acids is 1. The van der Waals surface area contributed by atoms with E-state index in [0.717, 1.165) is 4.90 Å². The summed E-state index contributed by atoms with van der Waals surface area (Å²) in [5.41, 5.74) is -0.695. The van der Waals surface area contributed by atoms with Crippen molar-refractivity contribution in [2.75, 3.05) is 20.6 Å². The molecule has 6 heteroatoms. The van der Waals surface area contributed by atoms with Crippen molar-refractivity contribution >= 4 is 17.8 Å². The Kier molecular flexibility index (Phi) is 5.12. The first-order valence-electron chi connectivity index (χ1n) is 5.29. The quantitative estimate of drug-likeness (QED) is 0.678. The van der Waals surface area contributed by atoms with Gasteiger partial charge in [-0.05, 0) is 5.41 Å². The maximum Gasteiger partial charge on any atom is 0.316 e. The number of rotatable bonds is 4. The number of nitrogens with zero attached hydrogens (tertiary/aromatic N) is 1. The van der Waals surface area contributed by atoms with E-state index in [9.17, 15) is 14.4 Å². The van der Waals surface area contributed by atoms with E-state index in [1.165, 1.54) is 14.1 Å². The summed E-state index contributed by atoms with van der Waals surface area (Å²) in [5.74, 6) is -3.23. The fraction of sp³-hybridized carbons (Fsp3) is 0.727. The van der Waals surface area contributed by atoms with Crippen LogP contribution in [0.3, 0.4) is 0 Å². The Morgan fingerprint density at radius 3 is 2.06 bits per heavy atom. The SMILES string of the molecule is CNC(=O)CN(C)C(=O)C(C(=O)O)C(C)(C)C. The molecule has 0 aromatic carbocycles. The summed E-state index contributed by atoms with van der Waals surface area (Å²) in [7, 11) is 2.87. The van der Waals surface area contributed by atoms with Crippen molar-refractivity contribution in [3.63, 3.8) is 0 Å². The molecule has 0 aliphatic heterocycles. The molecule has 6 nitrogen and oxygen atoms in total. The van der Waals surface area contributed by atoms with Crippen LogP contribution >= 0.6 is 0 Å². The predicted molar refractivity (Wildman–Crippen MR) is 62.3 cm³/mol. The van der Waals surface area contributed by atoms with Crippen molar-refractivity contribution in [2.45, 2.75) is 20.8 Å². The number of carbonyl (C=O) groups is 3. The number of nitrogens with one attached hydrogen (secondary N) is 1. The van der Waals surface area contributed by atoms with Crippen LogP contribution in [0.25, 0.3) is 0 Å². The van der Waals surface area contributed by atoms with Gasteiger partial charge in [0, 0.05) is 14.1 Å². The molecule has 0 spiro atoms. The molecule has 2 N–H and O–H groups in total. The molecule has 0 aromatic rings. The number of hydrogen-bond donors (Lipinski definition) is 2. The Bertz CT molecular complexity index is 320. The van der Waals surface area contributed by atoms with Gasteiger partial charge in [0.15, 0.2) is 0 Å². The Hall–Kier alpha value is -1.59. The molecular formula is C11H20N2O4. The summed E-state index contributed by atoms with van der Waals surface area (Å²) in [6.07, 6.45) is 0. The summed E-state index contributed by atoms with van der Waals surface area (Å²) in [6.45, 7) is 4.89. The summed E-state index contributed by atoms with van der Waals surface area (Å²) in [6, 6.07) is 0. The van der Waals surface area contributed by atoms with Crippen molar-refractivity contribution < 1.29 is 19.5 Å². The van der Waals surface area contributed by atoms with Crippen LogP contribution in [0.5, 0.6) is 0 Å². The summed E-state index contributed by atoms with van der Waals surface area (Å²) < 4.78 is 0. The van der Waals surface area contributed by atoms with Crippen LogP contribution in [0.4, 0.5) is 0 Å². The molecule has 0 heterocycles. The van der Waals surface area contributed by atoms with Crippen LogP contribution < -0.4 is 5.32 Å². The van der Waals surface area contributed by atoms with E-state index in [-0.39, 0.29) is 12.5 Å². The Morgan fingerprint density at radius 2 is 1.76 bits per heavy atom. The third-order valence-electron chi connectivity index (χ3n) is 2.40. The number of likely N-dealkylation sites (N-methyl/N-ethyl adjacent to an activating group) is 2. The topological polar surface area (TPSA) is 86.7 Å². The normalized spacial score (nSPS) is 12.8. The fourth-order valence-corrected chi connectivity index (χ4v) is 1.44. The third kappa shape index (κ3) is 4.42. The average Bonchev–Trinajstić information content (AvgIpc) is 2.14. The van der Waals surface area contributed by atoms with Crippen LogP contribution in [-0.2, 0) is 14.4 Å². The number of carbonyl (C=O) groups excluding carboxylic acids is 2. The van der Waals surface area contributed by atoms with Gasteiger partial charge in [0.25, 0.3) is 0 Å². The molecule has 0 saturated heterocycles. The Labute approximate surface area is 101 Å². The largest absolute Gasteiger partial charge is 0.481 e. The van der Waals surface area contributed by atoms with Crippen LogP contribution in [0.1, 0.15) is 20.8 Å². The zero-order valence-corrected chi connectivity index (χ0v) is 10.9. The molecule has 17 heavy (non-hydrogen) atoms. The van der Waals surface area contributed by atoms with E-state index in [2.05, 4.69) is 5.32 Å². The second kappa shape index (κ2) is 5.65. The zero-order valence-electron chi connectivity index (χ0n) is 10.9. The zero-order chi connectivity index (χ0) is 13.8. The number of amides is 2. The lowest BCUT2D eigenvalue weighted by Crippen LogP contribution is -2.46. The lowest BCUT2D eigenvalue weighted by atomic mass is 9.80. The van der Waals surface area contributed by atoms with E-state index in [1.54, 1.807) is 20.8 Å². The molecule has 0 saturated carbocycles. The van der Waals surface area contributed by atoms with E-state index < -0.39 is 23.2 Å². The van der Waals surface area contributed by atoms with Gasteiger partial charge in [-0.15, -0.1) is 0 Å². The smallest absolute Gasteiger partial charge is 0.316 e. The monoisotopic (exact) mass is 244 g/mol. The van der Waals surface area contributed by atoms with Crippen molar-refractivity contribution in [2.24, 2.45) is 11.3 Å². The molecule has 0 radical (unpaired) electrons. The highest BCUT2D eigenvalue weighted by Gasteiger charge is 2.39. The van der Waals surface area contributed by atoms with Crippen LogP contribution in [0.2, 0.25) is 0 Å². The second-order valence-electron chi connectivity index (χ2n) is 5.00. The predicted octanol–water partition coefficient (Wildman–Crippen LogP) is -0.0623. The lowest BCUT2D eigenvalue weighted by Gasteiger charge is -2.29. The lowest BCUT2D eigenvalue weighted by molar-refractivity contribution is -0.156. The van der Waals surface area contributed by atoms with Crippen LogP contribution in [0, 0.1) is 11.3 Å². The maximum absolute atomic E-state index is 11.9. The first kappa shape index (κ1) is 15.4.